The van der Waals surface area contributed by atoms with Crippen LogP contribution in [0.1, 0.15) is 44.9 Å². The molecule has 0 aliphatic rings. The molecule has 0 spiro atoms. The monoisotopic (exact) mass is 792 g/mol. The second kappa shape index (κ2) is 16.0. The molecule has 5 rings (SSSR count). The van der Waals surface area contributed by atoms with E-state index in [1.54, 1.807) is 18.3 Å². The number of carbonyl (C=O) groups excluding carboxylic acids is 3. The molecule has 1 atom stereocenters. The summed E-state index contributed by atoms with van der Waals surface area (Å²) in [5, 5.41) is 4.00. The number of ether oxygens (including phenoxy) is 4. The number of benzene rings is 2. The summed E-state index contributed by atoms with van der Waals surface area (Å²) in [6.45, 7) is -0.182. The van der Waals surface area contributed by atoms with Gasteiger partial charge in [0.25, 0.3) is 5.91 Å². The third-order valence-electron chi connectivity index (χ3n) is 7.62. The molecule has 3 aromatic heterocycles. The Morgan fingerprint density at radius 2 is 1.76 bits per heavy atom. The highest BCUT2D eigenvalue weighted by molar-refractivity contribution is 7.46. The molecule has 3 heterocycles. The van der Waals surface area contributed by atoms with Crippen LogP contribution in [0.25, 0.3) is 16.8 Å². The zero-order chi connectivity index (χ0) is 40.2. The number of carbonyl (C=O) groups is 3. The van der Waals surface area contributed by atoms with Crippen molar-refractivity contribution in [2.45, 2.75) is 26.1 Å². The fourth-order valence-electron chi connectivity index (χ4n) is 5.05. The van der Waals surface area contributed by atoms with Crippen molar-refractivity contribution >= 4 is 37.4 Å². The van der Waals surface area contributed by atoms with Crippen molar-refractivity contribution < 1.29 is 69.8 Å². The van der Waals surface area contributed by atoms with Crippen molar-refractivity contribution in [2.75, 3.05) is 26.2 Å². The summed E-state index contributed by atoms with van der Waals surface area (Å²) in [5.41, 5.74) is 6.18. The number of aromatic nitrogens is 4. The van der Waals surface area contributed by atoms with Crippen LogP contribution < -0.4 is 19.7 Å². The number of pyridine rings is 2. The van der Waals surface area contributed by atoms with E-state index in [9.17, 15) is 32.1 Å². The molecule has 0 saturated carbocycles. The van der Waals surface area contributed by atoms with E-state index in [1.807, 2.05) is 0 Å². The standard InChI is InChI=1S/C33H29F4N6O11P/c1-17-23(10-21(14-39-17)19-8-9-42-28(12-19)40-31(38)41-42)29(44)43(18(2)24-13-22(5-6-25(24)34)51-15-33(35,36)37)32(46)53-16-52-30(45)20-4-7-26(27(11-20)50-3)54-55(47,48)49/h4-14,18H,15-16H2,1-3H3,(H2,38,41)(H2,47,48,49)/t18-/m1/s1. The summed E-state index contributed by atoms with van der Waals surface area (Å²) in [5.74, 6) is -4.32. The Labute approximate surface area is 307 Å². The molecule has 0 radical (unpaired) electrons. The minimum Gasteiger partial charge on any atom is -0.493 e. The highest BCUT2D eigenvalue weighted by Crippen LogP contribution is 2.42. The van der Waals surface area contributed by atoms with Gasteiger partial charge in [-0.15, -0.1) is 5.10 Å². The second-order valence-electron chi connectivity index (χ2n) is 11.4. The normalized spacial score (nSPS) is 12.2. The van der Waals surface area contributed by atoms with Crippen molar-refractivity contribution in [3.63, 3.8) is 0 Å². The maximum atomic E-state index is 15.3. The molecule has 4 N–H and O–H groups in total. The van der Waals surface area contributed by atoms with Gasteiger partial charge in [-0.25, -0.2) is 28.0 Å². The number of nitrogen functional groups attached to an aromatic ring is 1. The lowest BCUT2D eigenvalue weighted by molar-refractivity contribution is -0.153. The van der Waals surface area contributed by atoms with Crippen LogP contribution in [-0.2, 0) is 14.0 Å². The van der Waals surface area contributed by atoms with Gasteiger partial charge in [-0.2, -0.15) is 18.2 Å². The summed E-state index contributed by atoms with van der Waals surface area (Å²) in [4.78, 5) is 67.7. The quantitative estimate of drug-likeness (QED) is 0.0622. The summed E-state index contributed by atoms with van der Waals surface area (Å²) < 4.78 is 90.9. The number of halogens is 4. The number of amides is 2. The molecule has 55 heavy (non-hydrogen) atoms. The number of fused-ring (bicyclic) bond motifs is 1. The number of imide groups is 1. The molecule has 0 aliphatic carbocycles. The Morgan fingerprint density at radius 3 is 2.45 bits per heavy atom. The van der Waals surface area contributed by atoms with Crippen LogP contribution in [0, 0.1) is 12.7 Å². The zero-order valence-corrected chi connectivity index (χ0v) is 29.6. The third-order valence-corrected chi connectivity index (χ3v) is 8.05. The van der Waals surface area contributed by atoms with Gasteiger partial charge in [-0.05, 0) is 74.0 Å². The number of nitrogens with two attached hydrogens (primary N) is 1. The van der Waals surface area contributed by atoms with E-state index in [0.717, 1.165) is 43.5 Å². The molecule has 2 aromatic carbocycles. The number of hydrogen-bond acceptors (Lipinski definition) is 13. The number of rotatable bonds is 12. The van der Waals surface area contributed by atoms with Gasteiger partial charge in [0, 0.05) is 23.5 Å². The summed E-state index contributed by atoms with van der Waals surface area (Å²) in [6, 6.07) is 8.72. The Kier molecular flexibility index (Phi) is 11.6. The van der Waals surface area contributed by atoms with Gasteiger partial charge in [0.2, 0.25) is 12.7 Å². The predicted octanol–water partition coefficient (Wildman–Crippen LogP) is 5.40. The first kappa shape index (κ1) is 39.9. The molecular weight excluding hydrogens is 763 g/mol. The smallest absolute Gasteiger partial charge is 0.493 e. The average molecular weight is 793 g/mol. The first-order valence-corrected chi connectivity index (χ1v) is 17.0. The molecule has 0 fully saturated rings. The van der Waals surface area contributed by atoms with Gasteiger partial charge in [0.1, 0.15) is 11.6 Å². The van der Waals surface area contributed by atoms with Crippen molar-refractivity contribution in [2.24, 2.45) is 0 Å². The second-order valence-corrected chi connectivity index (χ2v) is 12.6. The lowest BCUT2D eigenvalue weighted by Crippen LogP contribution is -2.40. The third kappa shape index (κ3) is 9.82. The molecule has 5 aromatic rings. The fraction of sp³-hybridized carbons (Fsp3) is 0.212. The number of nitrogens with zero attached hydrogens (tertiary/aromatic N) is 5. The molecule has 290 valence electrons. The first-order chi connectivity index (χ1) is 25.8. The molecule has 0 unspecified atom stereocenters. The van der Waals surface area contributed by atoms with Gasteiger partial charge in [0.05, 0.1) is 30.0 Å². The maximum absolute atomic E-state index is 15.3. The van der Waals surface area contributed by atoms with Gasteiger partial charge >= 0.3 is 26.1 Å². The van der Waals surface area contributed by atoms with E-state index >= 15 is 4.39 Å². The maximum Gasteiger partial charge on any atom is 0.524 e. The Morgan fingerprint density at radius 1 is 1.02 bits per heavy atom. The van der Waals surface area contributed by atoms with Crippen LogP contribution >= 0.6 is 7.82 Å². The molecular formula is C33H29F4N6O11P. The van der Waals surface area contributed by atoms with E-state index in [1.165, 1.54) is 30.6 Å². The van der Waals surface area contributed by atoms with Crippen molar-refractivity contribution in [1.29, 1.82) is 0 Å². The van der Waals surface area contributed by atoms with E-state index in [-0.39, 0.29) is 28.5 Å². The molecule has 2 amide bonds. The lowest BCUT2D eigenvalue weighted by Gasteiger charge is -2.28. The molecule has 17 nitrogen and oxygen atoms in total. The van der Waals surface area contributed by atoms with Crippen LogP contribution in [0.3, 0.4) is 0 Å². The Bertz CT molecular complexity index is 2320. The lowest BCUT2D eigenvalue weighted by atomic mass is 10.0. The predicted molar refractivity (Wildman–Crippen MR) is 180 cm³/mol. The average Bonchev–Trinajstić information content (AvgIpc) is 3.49. The van der Waals surface area contributed by atoms with Crippen molar-refractivity contribution in [1.82, 2.24) is 24.5 Å². The number of anilines is 1. The van der Waals surface area contributed by atoms with Crippen LogP contribution in [0.2, 0.25) is 0 Å². The molecule has 22 heteroatoms. The van der Waals surface area contributed by atoms with E-state index in [0.29, 0.717) is 21.7 Å². The number of methoxy groups -OCH3 is 1. The molecule has 0 aliphatic heterocycles. The highest BCUT2D eigenvalue weighted by atomic mass is 31.2. The van der Waals surface area contributed by atoms with Crippen LogP contribution in [0.15, 0.2) is 67.0 Å². The summed E-state index contributed by atoms with van der Waals surface area (Å²) >= 11 is 0. The Hall–Kier alpha value is -6.31. The van der Waals surface area contributed by atoms with Crippen LogP contribution in [0.5, 0.6) is 17.2 Å². The number of hydrogen-bond donors (Lipinski definition) is 3. The minimum absolute atomic E-state index is 0.00869. The minimum atomic E-state index is -4.99. The first-order valence-electron chi connectivity index (χ1n) is 15.5. The van der Waals surface area contributed by atoms with Gasteiger partial charge in [-0.1, -0.05) is 0 Å². The molecule has 0 saturated heterocycles. The van der Waals surface area contributed by atoms with E-state index < -0.39 is 74.3 Å². The zero-order valence-electron chi connectivity index (χ0n) is 28.7. The summed E-state index contributed by atoms with van der Waals surface area (Å²) in [6.07, 6.45) is -3.21. The van der Waals surface area contributed by atoms with Gasteiger partial charge in [0.15, 0.2) is 23.8 Å². The summed E-state index contributed by atoms with van der Waals surface area (Å²) in [7, 11) is -3.86. The van der Waals surface area contributed by atoms with E-state index in [4.69, 9.17) is 34.5 Å². The topological polar surface area (TPSA) is 227 Å². The fourth-order valence-corrected chi connectivity index (χ4v) is 5.46. The van der Waals surface area contributed by atoms with Crippen LogP contribution in [0.4, 0.5) is 28.3 Å². The van der Waals surface area contributed by atoms with Gasteiger partial charge < -0.3 is 29.2 Å². The van der Waals surface area contributed by atoms with E-state index in [2.05, 4.69) is 19.6 Å². The highest BCUT2D eigenvalue weighted by Gasteiger charge is 2.34. The SMILES string of the molecule is COc1cc(C(=O)OCOC(=O)N(C(=O)c2cc(-c3ccn4nc(N)nc4c3)cnc2C)[C@H](C)c2cc(OCC(F)(F)F)ccc2F)ccc1OP(=O)(O)O. The number of esters is 1. The van der Waals surface area contributed by atoms with Crippen LogP contribution in [-0.4, -0.2) is 78.9 Å². The van der Waals surface area contributed by atoms with Crippen molar-refractivity contribution in [3.05, 3.63) is 95.2 Å². The Balaban J connectivity index is 1.44. The molecule has 0 bridgehead atoms. The number of phosphoric acid groups is 1. The largest absolute Gasteiger partial charge is 0.524 e. The van der Waals surface area contributed by atoms with Crippen molar-refractivity contribution in [3.8, 4) is 28.4 Å². The van der Waals surface area contributed by atoms with Gasteiger partial charge in [-0.3, -0.25) is 19.6 Å². The number of phosphoric ester groups is 1. The number of alkyl halides is 3. The number of aryl methyl sites for hydroxylation is 1.